The molecule has 1 aliphatic heterocycles. The van der Waals surface area contributed by atoms with Crippen molar-refractivity contribution < 1.29 is 19.1 Å². The van der Waals surface area contributed by atoms with Crippen molar-refractivity contribution >= 4 is 35.2 Å². The molecule has 7 heteroatoms. The number of rotatable bonds is 7. The Bertz CT molecular complexity index is 858. The van der Waals surface area contributed by atoms with E-state index in [0.29, 0.717) is 28.7 Å². The molecule has 0 aromatic heterocycles. The van der Waals surface area contributed by atoms with Gasteiger partial charge in [0.05, 0.1) is 13.7 Å². The first-order chi connectivity index (χ1) is 14.0. The van der Waals surface area contributed by atoms with Crippen molar-refractivity contribution in [3.8, 4) is 5.75 Å². The number of methoxy groups -OCH3 is 1. The lowest BCUT2D eigenvalue weighted by Gasteiger charge is -2.29. The van der Waals surface area contributed by atoms with Gasteiger partial charge in [-0.15, -0.1) is 11.8 Å². The Kier molecular flexibility index (Phi) is 7.45. The molecule has 2 aromatic carbocycles. The Balaban J connectivity index is 1.90. The van der Waals surface area contributed by atoms with Crippen LogP contribution in [0.5, 0.6) is 5.75 Å². The van der Waals surface area contributed by atoms with E-state index in [9.17, 15) is 9.59 Å². The first-order valence-electron chi connectivity index (χ1n) is 9.55. The number of hydrogen-bond donors (Lipinski definition) is 0. The monoisotopic (exact) mass is 433 g/mol. The number of halogens is 1. The zero-order valence-corrected chi connectivity index (χ0v) is 18.0. The van der Waals surface area contributed by atoms with E-state index in [1.54, 1.807) is 42.3 Å². The molecule has 3 rings (SSSR count). The Morgan fingerprint density at radius 1 is 1.21 bits per heavy atom. The third-order valence-corrected chi connectivity index (χ3v) is 6.28. The van der Waals surface area contributed by atoms with Gasteiger partial charge < -0.3 is 14.4 Å². The maximum Gasteiger partial charge on any atom is 0.329 e. The maximum absolute atomic E-state index is 13.4. The minimum absolute atomic E-state index is 0.222. The van der Waals surface area contributed by atoms with E-state index in [2.05, 4.69) is 0 Å². The normalized spacial score (nSPS) is 18.5. The minimum atomic E-state index is -0.643. The molecular weight excluding hydrogens is 410 g/mol. The van der Waals surface area contributed by atoms with Crippen molar-refractivity contribution in [3.63, 3.8) is 0 Å². The van der Waals surface area contributed by atoms with Gasteiger partial charge in [0.25, 0.3) is 5.91 Å². The van der Waals surface area contributed by atoms with Gasteiger partial charge in [0.1, 0.15) is 17.2 Å². The molecule has 154 valence electrons. The van der Waals surface area contributed by atoms with Crippen LogP contribution in [0, 0.1) is 0 Å². The van der Waals surface area contributed by atoms with Crippen LogP contribution in [-0.2, 0) is 9.53 Å². The summed E-state index contributed by atoms with van der Waals surface area (Å²) in [6, 6.07) is 13.6. The number of amides is 1. The summed E-state index contributed by atoms with van der Waals surface area (Å²) >= 11 is 7.71. The van der Waals surface area contributed by atoms with Gasteiger partial charge in [-0.25, -0.2) is 4.79 Å². The van der Waals surface area contributed by atoms with Gasteiger partial charge in [-0.05, 0) is 48.4 Å². The second-order valence-electron chi connectivity index (χ2n) is 6.72. The highest BCUT2D eigenvalue weighted by Crippen LogP contribution is 2.43. The molecule has 2 aromatic rings. The second-order valence-corrected chi connectivity index (χ2v) is 8.27. The molecule has 0 N–H and O–H groups in total. The zero-order valence-electron chi connectivity index (χ0n) is 16.5. The molecule has 1 amide bonds. The second kappa shape index (κ2) is 10.0. The lowest BCUT2D eigenvalue weighted by molar-refractivity contribution is -0.148. The molecule has 5 nitrogen and oxygen atoms in total. The van der Waals surface area contributed by atoms with Gasteiger partial charge in [-0.2, -0.15) is 0 Å². The fourth-order valence-corrected chi connectivity index (χ4v) is 4.75. The molecule has 1 fully saturated rings. The largest absolute Gasteiger partial charge is 0.497 e. The van der Waals surface area contributed by atoms with Crippen LogP contribution in [0.4, 0.5) is 0 Å². The van der Waals surface area contributed by atoms with Crippen LogP contribution in [0.2, 0.25) is 5.02 Å². The number of hydrogen-bond acceptors (Lipinski definition) is 5. The van der Waals surface area contributed by atoms with E-state index < -0.39 is 6.04 Å². The highest BCUT2D eigenvalue weighted by atomic mass is 35.5. The Hall–Kier alpha value is -2.18. The molecule has 0 bridgehead atoms. The van der Waals surface area contributed by atoms with E-state index in [1.165, 1.54) is 11.8 Å². The van der Waals surface area contributed by atoms with Gasteiger partial charge in [-0.1, -0.05) is 37.1 Å². The summed E-state index contributed by atoms with van der Waals surface area (Å²) < 4.78 is 10.6. The number of thioether (sulfide) groups is 1. The van der Waals surface area contributed by atoms with Crippen LogP contribution in [-0.4, -0.2) is 42.3 Å². The Morgan fingerprint density at radius 2 is 1.97 bits per heavy atom. The molecule has 0 saturated carbocycles. The number of ether oxygens (including phenoxy) is 2. The molecule has 0 aliphatic carbocycles. The molecular formula is C22H24ClNO4S. The van der Waals surface area contributed by atoms with Gasteiger partial charge in [0.2, 0.25) is 0 Å². The van der Waals surface area contributed by atoms with Crippen LogP contribution in [0.3, 0.4) is 0 Å². The molecule has 2 unspecified atom stereocenters. The standard InChI is InChI=1S/C22H24ClNO4S/c1-3-4-12-28-22(26)19-14-29-21(16-6-5-7-17(23)13-16)24(19)20(25)15-8-10-18(27-2)11-9-15/h5-11,13,19,21H,3-4,12,14H2,1-2H3. The minimum Gasteiger partial charge on any atom is -0.497 e. The van der Waals surface area contributed by atoms with Crippen LogP contribution in [0.15, 0.2) is 48.5 Å². The van der Waals surface area contributed by atoms with Gasteiger partial charge in [0.15, 0.2) is 0 Å². The van der Waals surface area contributed by atoms with Crippen molar-refractivity contribution in [2.75, 3.05) is 19.5 Å². The number of benzene rings is 2. The SMILES string of the molecule is CCCCOC(=O)C1CSC(c2cccc(Cl)c2)N1C(=O)c1ccc(OC)cc1. The van der Waals surface area contributed by atoms with Crippen LogP contribution in [0.1, 0.15) is 41.1 Å². The van der Waals surface area contributed by atoms with Crippen molar-refractivity contribution in [1.82, 2.24) is 4.90 Å². The molecule has 1 saturated heterocycles. The number of unbranched alkanes of at least 4 members (excludes halogenated alkanes) is 1. The maximum atomic E-state index is 13.4. The van der Waals surface area contributed by atoms with Crippen molar-refractivity contribution in [1.29, 1.82) is 0 Å². The quantitative estimate of drug-likeness (QED) is 0.457. The third kappa shape index (κ3) is 5.06. The fourth-order valence-electron chi connectivity index (χ4n) is 3.15. The number of esters is 1. The average molecular weight is 434 g/mol. The molecule has 1 aliphatic rings. The lowest BCUT2D eigenvalue weighted by atomic mass is 10.1. The number of nitrogens with zero attached hydrogens (tertiary/aromatic N) is 1. The summed E-state index contributed by atoms with van der Waals surface area (Å²) in [4.78, 5) is 27.7. The summed E-state index contributed by atoms with van der Waals surface area (Å²) in [5.41, 5.74) is 1.37. The van der Waals surface area contributed by atoms with E-state index in [-0.39, 0.29) is 17.3 Å². The topological polar surface area (TPSA) is 55.8 Å². The summed E-state index contributed by atoms with van der Waals surface area (Å²) in [6.45, 7) is 2.40. The average Bonchev–Trinajstić information content (AvgIpc) is 3.18. The smallest absolute Gasteiger partial charge is 0.329 e. The predicted molar refractivity (Wildman–Crippen MR) is 115 cm³/mol. The van der Waals surface area contributed by atoms with Crippen molar-refractivity contribution in [2.45, 2.75) is 31.2 Å². The molecule has 0 spiro atoms. The zero-order chi connectivity index (χ0) is 20.8. The van der Waals surface area contributed by atoms with Crippen molar-refractivity contribution in [3.05, 3.63) is 64.7 Å². The summed E-state index contributed by atoms with van der Waals surface area (Å²) in [5.74, 6) is 0.556. The summed E-state index contributed by atoms with van der Waals surface area (Å²) in [5, 5.41) is 0.279. The highest BCUT2D eigenvalue weighted by Gasteiger charge is 2.43. The van der Waals surface area contributed by atoms with Gasteiger partial charge in [0, 0.05) is 16.3 Å². The lowest BCUT2D eigenvalue weighted by Crippen LogP contribution is -2.44. The fraction of sp³-hybridized carbons (Fsp3) is 0.364. The molecule has 0 radical (unpaired) electrons. The summed E-state index contributed by atoms with van der Waals surface area (Å²) in [6.07, 6.45) is 1.74. The van der Waals surface area contributed by atoms with Crippen LogP contribution >= 0.6 is 23.4 Å². The first kappa shape index (κ1) is 21.5. The van der Waals surface area contributed by atoms with Crippen molar-refractivity contribution in [2.24, 2.45) is 0 Å². The first-order valence-corrected chi connectivity index (χ1v) is 11.0. The predicted octanol–water partition coefficient (Wildman–Crippen LogP) is 4.95. The van der Waals surface area contributed by atoms with E-state index in [1.807, 2.05) is 25.1 Å². The third-order valence-electron chi connectivity index (χ3n) is 4.72. The summed E-state index contributed by atoms with van der Waals surface area (Å²) in [7, 11) is 1.57. The molecule has 29 heavy (non-hydrogen) atoms. The Labute approximate surface area is 180 Å². The number of carbonyl (C=O) groups is 2. The molecule has 2 atom stereocenters. The van der Waals surface area contributed by atoms with Gasteiger partial charge >= 0.3 is 5.97 Å². The van der Waals surface area contributed by atoms with Crippen LogP contribution < -0.4 is 4.74 Å². The van der Waals surface area contributed by atoms with E-state index in [4.69, 9.17) is 21.1 Å². The molecule has 1 heterocycles. The van der Waals surface area contributed by atoms with E-state index >= 15 is 0 Å². The Morgan fingerprint density at radius 3 is 2.62 bits per heavy atom. The van der Waals surface area contributed by atoms with E-state index in [0.717, 1.165) is 18.4 Å². The van der Waals surface area contributed by atoms with Crippen LogP contribution in [0.25, 0.3) is 0 Å². The highest BCUT2D eigenvalue weighted by molar-refractivity contribution is 7.99. The number of carbonyl (C=O) groups excluding carboxylic acids is 2. The van der Waals surface area contributed by atoms with Gasteiger partial charge in [-0.3, -0.25) is 4.79 Å².